The SMILES string of the molecule is Cc1ccc2c(n1)C1(CCN(C(=O)O)CC1)OC2=O. The van der Waals surface area contributed by atoms with Crippen molar-refractivity contribution in [2.75, 3.05) is 13.1 Å². The summed E-state index contributed by atoms with van der Waals surface area (Å²) in [5.41, 5.74) is 1.28. The number of aromatic nitrogens is 1. The smallest absolute Gasteiger partial charge is 0.407 e. The first kappa shape index (κ1) is 12.0. The van der Waals surface area contributed by atoms with Gasteiger partial charge < -0.3 is 14.7 Å². The van der Waals surface area contributed by atoms with Crippen LogP contribution < -0.4 is 0 Å². The molecule has 6 heteroatoms. The van der Waals surface area contributed by atoms with E-state index in [1.165, 1.54) is 4.90 Å². The van der Waals surface area contributed by atoms with Gasteiger partial charge in [-0.1, -0.05) is 0 Å². The standard InChI is InChI=1S/C13H14N2O4/c1-8-2-3-9-10(14-8)13(19-11(9)16)4-6-15(7-5-13)12(17)18/h2-3H,4-7H2,1H3,(H,17,18). The lowest BCUT2D eigenvalue weighted by Crippen LogP contribution is -2.45. The van der Waals surface area contributed by atoms with E-state index in [0.717, 1.165) is 5.69 Å². The normalized spacial score (nSPS) is 20.3. The molecule has 1 saturated heterocycles. The molecule has 1 spiro atoms. The Morgan fingerprint density at radius 3 is 2.74 bits per heavy atom. The molecule has 1 amide bonds. The van der Waals surface area contributed by atoms with E-state index in [2.05, 4.69) is 4.98 Å². The molecule has 2 aliphatic heterocycles. The number of aryl methyl sites for hydroxylation is 1. The third kappa shape index (κ3) is 1.75. The van der Waals surface area contributed by atoms with Crippen LogP contribution >= 0.6 is 0 Å². The Morgan fingerprint density at radius 2 is 2.11 bits per heavy atom. The number of likely N-dealkylation sites (tertiary alicyclic amines) is 1. The van der Waals surface area contributed by atoms with Gasteiger partial charge in [0.1, 0.15) is 0 Å². The summed E-state index contributed by atoms with van der Waals surface area (Å²) >= 11 is 0. The molecule has 1 fully saturated rings. The number of hydrogen-bond acceptors (Lipinski definition) is 4. The number of fused-ring (bicyclic) bond motifs is 2. The molecule has 6 nitrogen and oxygen atoms in total. The van der Waals surface area contributed by atoms with Gasteiger partial charge in [0.25, 0.3) is 0 Å². The lowest BCUT2D eigenvalue weighted by atomic mass is 9.87. The summed E-state index contributed by atoms with van der Waals surface area (Å²) in [7, 11) is 0. The van der Waals surface area contributed by atoms with E-state index >= 15 is 0 Å². The number of rotatable bonds is 0. The Labute approximate surface area is 110 Å². The minimum atomic E-state index is -0.934. The quantitative estimate of drug-likeness (QED) is 0.717. The van der Waals surface area contributed by atoms with Crippen molar-refractivity contribution in [3.05, 3.63) is 29.1 Å². The maximum absolute atomic E-state index is 11.9. The van der Waals surface area contributed by atoms with Crippen LogP contribution in [0.15, 0.2) is 12.1 Å². The van der Waals surface area contributed by atoms with Crippen LogP contribution in [0.3, 0.4) is 0 Å². The molecule has 0 unspecified atom stereocenters. The predicted molar refractivity (Wildman–Crippen MR) is 64.9 cm³/mol. The molecule has 0 atom stereocenters. The second-order valence-corrected chi connectivity index (χ2v) is 5.00. The van der Waals surface area contributed by atoms with Crippen molar-refractivity contribution in [3.8, 4) is 0 Å². The number of pyridine rings is 1. The molecule has 19 heavy (non-hydrogen) atoms. The van der Waals surface area contributed by atoms with E-state index in [1.54, 1.807) is 12.1 Å². The van der Waals surface area contributed by atoms with Crippen LogP contribution in [0.4, 0.5) is 4.79 Å². The number of nitrogens with zero attached hydrogens (tertiary/aromatic N) is 2. The second-order valence-electron chi connectivity index (χ2n) is 5.00. The summed E-state index contributed by atoms with van der Waals surface area (Å²) in [6.45, 7) is 2.58. The van der Waals surface area contributed by atoms with Crippen molar-refractivity contribution in [2.24, 2.45) is 0 Å². The highest BCUT2D eigenvalue weighted by molar-refractivity contribution is 5.94. The lowest BCUT2D eigenvalue weighted by molar-refractivity contribution is -0.0414. The van der Waals surface area contributed by atoms with Gasteiger partial charge in [-0.3, -0.25) is 4.98 Å². The van der Waals surface area contributed by atoms with Crippen LogP contribution in [-0.2, 0) is 10.3 Å². The Morgan fingerprint density at radius 1 is 1.42 bits per heavy atom. The number of carboxylic acid groups (broad SMARTS) is 1. The zero-order valence-corrected chi connectivity index (χ0v) is 10.5. The van der Waals surface area contributed by atoms with Crippen molar-refractivity contribution in [1.82, 2.24) is 9.88 Å². The highest BCUT2D eigenvalue weighted by atomic mass is 16.6. The predicted octanol–water partition coefficient (Wildman–Crippen LogP) is 1.53. The van der Waals surface area contributed by atoms with Crippen LogP contribution in [0.1, 0.15) is 34.6 Å². The van der Waals surface area contributed by atoms with Crippen molar-refractivity contribution in [2.45, 2.75) is 25.4 Å². The molecule has 3 heterocycles. The summed E-state index contributed by atoms with van der Waals surface area (Å²) in [6.07, 6.45) is -0.000187. The Balaban J connectivity index is 1.94. The molecular weight excluding hydrogens is 248 g/mol. The van der Waals surface area contributed by atoms with E-state index in [-0.39, 0.29) is 5.97 Å². The van der Waals surface area contributed by atoms with E-state index < -0.39 is 11.7 Å². The molecule has 100 valence electrons. The van der Waals surface area contributed by atoms with Gasteiger partial charge in [-0.25, -0.2) is 9.59 Å². The first-order valence-electron chi connectivity index (χ1n) is 6.21. The number of piperidine rings is 1. The maximum Gasteiger partial charge on any atom is 0.407 e. The lowest BCUT2D eigenvalue weighted by Gasteiger charge is -2.36. The number of esters is 1. The minimum absolute atomic E-state index is 0.355. The summed E-state index contributed by atoms with van der Waals surface area (Å²) in [5.74, 6) is -0.355. The van der Waals surface area contributed by atoms with Gasteiger partial charge in [0.15, 0.2) is 5.60 Å². The van der Waals surface area contributed by atoms with E-state index in [9.17, 15) is 9.59 Å². The zero-order valence-electron chi connectivity index (χ0n) is 10.5. The summed E-state index contributed by atoms with van der Waals surface area (Å²) in [4.78, 5) is 28.6. The molecule has 2 aliphatic rings. The molecule has 1 aromatic heterocycles. The topological polar surface area (TPSA) is 79.7 Å². The second kappa shape index (κ2) is 3.94. The van der Waals surface area contributed by atoms with Crippen molar-refractivity contribution < 1.29 is 19.4 Å². The largest absolute Gasteiger partial charge is 0.465 e. The van der Waals surface area contributed by atoms with Crippen LogP contribution in [0.25, 0.3) is 0 Å². The van der Waals surface area contributed by atoms with Crippen molar-refractivity contribution >= 4 is 12.1 Å². The van der Waals surface area contributed by atoms with Crippen LogP contribution in [0, 0.1) is 6.92 Å². The van der Waals surface area contributed by atoms with Gasteiger partial charge >= 0.3 is 12.1 Å². The first-order valence-corrected chi connectivity index (χ1v) is 6.21. The fourth-order valence-corrected chi connectivity index (χ4v) is 2.75. The maximum atomic E-state index is 11.9. The Bertz CT molecular complexity index is 562. The van der Waals surface area contributed by atoms with E-state index in [4.69, 9.17) is 9.84 Å². The molecule has 1 aromatic rings. The van der Waals surface area contributed by atoms with Gasteiger partial charge in [-0.2, -0.15) is 0 Å². The molecule has 0 saturated carbocycles. The third-order valence-corrected chi connectivity index (χ3v) is 3.82. The first-order chi connectivity index (χ1) is 9.02. The number of ether oxygens (including phenoxy) is 1. The number of carbonyl (C=O) groups excluding carboxylic acids is 1. The van der Waals surface area contributed by atoms with Crippen LogP contribution in [-0.4, -0.2) is 40.1 Å². The van der Waals surface area contributed by atoms with Gasteiger partial charge in [-0.05, 0) is 19.1 Å². The zero-order chi connectivity index (χ0) is 13.6. The number of amides is 1. The Hall–Kier alpha value is -2.11. The molecule has 1 N–H and O–H groups in total. The Kier molecular flexibility index (Phi) is 2.48. The number of carbonyl (C=O) groups is 2. The molecule has 0 radical (unpaired) electrons. The summed E-state index contributed by atoms with van der Waals surface area (Å²) < 4.78 is 5.52. The fourth-order valence-electron chi connectivity index (χ4n) is 2.75. The van der Waals surface area contributed by atoms with Gasteiger partial charge in [-0.15, -0.1) is 0 Å². The van der Waals surface area contributed by atoms with Crippen LogP contribution in [0.2, 0.25) is 0 Å². The van der Waals surface area contributed by atoms with Gasteiger partial charge in [0.05, 0.1) is 11.3 Å². The van der Waals surface area contributed by atoms with Gasteiger partial charge in [0.2, 0.25) is 0 Å². The fraction of sp³-hybridized carbons (Fsp3) is 0.462. The van der Waals surface area contributed by atoms with E-state index in [0.29, 0.717) is 37.2 Å². The molecule has 0 aromatic carbocycles. The van der Waals surface area contributed by atoms with Crippen molar-refractivity contribution in [1.29, 1.82) is 0 Å². The highest BCUT2D eigenvalue weighted by Gasteiger charge is 2.49. The highest BCUT2D eigenvalue weighted by Crippen LogP contribution is 2.43. The van der Waals surface area contributed by atoms with E-state index in [1.807, 2.05) is 6.92 Å². The average Bonchev–Trinajstić information content (AvgIpc) is 2.63. The van der Waals surface area contributed by atoms with Gasteiger partial charge in [0, 0.05) is 31.6 Å². The molecule has 3 rings (SSSR count). The summed E-state index contributed by atoms with van der Waals surface area (Å²) in [6, 6.07) is 3.52. The summed E-state index contributed by atoms with van der Waals surface area (Å²) in [5, 5.41) is 8.96. The van der Waals surface area contributed by atoms with Crippen LogP contribution in [0.5, 0.6) is 0 Å². The molecule has 0 bridgehead atoms. The monoisotopic (exact) mass is 262 g/mol. The molecular formula is C13H14N2O4. The minimum Gasteiger partial charge on any atom is -0.465 e. The molecule has 0 aliphatic carbocycles. The average molecular weight is 262 g/mol. The third-order valence-electron chi connectivity index (χ3n) is 3.82. The number of hydrogen-bond donors (Lipinski definition) is 1. The van der Waals surface area contributed by atoms with Crippen molar-refractivity contribution in [3.63, 3.8) is 0 Å².